The van der Waals surface area contributed by atoms with Gasteiger partial charge in [0.05, 0.1) is 6.10 Å². The van der Waals surface area contributed by atoms with Gasteiger partial charge in [0.15, 0.2) is 0 Å². The van der Waals surface area contributed by atoms with Gasteiger partial charge in [-0.05, 0) is 38.8 Å². The second-order valence-electron chi connectivity index (χ2n) is 5.12. The van der Waals surface area contributed by atoms with Crippen LogP contribution >= 0.6 is 0 Å². The molecule has 2 fully saturated rings. The number of hydrogen-bond donors (Lipinski definition) is 3. The summed E-state index contributed by atoms with van der Waals surface area (Å²) in [7, 11) is 0. The minimum absolute atomic E-state index is 0.0330. The quantitative estimate of drug-likeness (QED) is 0.570. The van der Waals surface area contributed by atoms with E-state index in [1.165, 1.54) is 0 Å². The van der Waals surface area contributed by atoms with E-state index in [0.29, 0.717) is 32.1 Å². The number of carbonyl (C=O) groups excluding carboxylic acids is 2. The van der Waals surface area contributed by atoms with Crippen molar-refractivity contribution in [2.75, 3.05) is 26.2 Å². The number of nitrogens with one attached hydrogen (secondary N) is 3. The fourth-order valence-electron chi connectivity index (χ4n) is 2.43. The first-order chi connectivity index (χ1) is 9.25. The summed E-state index contributed by atoms with van der Waals surface area (Å²) in [6.45, 7) is 3.35. The zero-order chi connectivity index (χ0) is 13.5. The van der Waals surface area contributed by atoms with Gasteiger partial charge in [0.2, 0.25) is 11.8 Å². The molecule has 0 spiro atoms. The summed E-state index contributed by atoms with van der Waals surface area (Å²) in [6, 6.07) is -0.335. The molecular weight excluding hydrogens is 246 g/mol. The maximum atomic E-state index is 11.7. The van der Waals surface area contributed by atoms with Crippen molar-refractivity contribution >= 4 is 11.8 Å². The van der Waals surface area contributed by atoms with Crippen molar-refractivity contribution in [3.8, 4) is 0 Å². The topological polar surface area (TPSA) is 79.5 Å². The number of rotatable bonds is 6. The average Bonchev–Trinajstić information content (AvgIpc) is 2.86. The number of carbonyl (C=O) groups is 2. The number of ether oxygens (including phenoxy) is 1. The predicted molar refractivity (Wildman–Crippen MR) is 70.6 cm³/mol. The summed E-state index contributed by atoms with van der Waals surface area (Å²) in [4.78, 5) is 22.7. The minimum Gasteiger partial charge on any atom is -0.378 e. The van der Waals surface area contributed by atoms with E-state index in [1.807, 2.05) is 0 Å². The standard InChI is InChI=1S/C13H23N3O3/c17-12-3-2-11(16-12)13(18)15-6-1-9-19-10-4-7-14-8-5-10/h10-11,14H,1-9H2,(H,15,18)(H,16,17)/t11-/m1/s1. The Morgan fingerprint density at radius 2 is 2.11 bits per heavy atom. The highest BCUT2D eigenvalue weighted by Crippen LogP contribution is 2.08. The normalized spacial score (nSPS) is 24.2. The van der Waals surface area contributed by atoms with Crippen LogP contribution in [0, 0.1) is 0 Å². The lowest BCUT2D eigenvalue weighted by Crippen LogP contribution is -2.42. The molecule has 6 heteroatoms. The molecule has 1 atom stereocenters. The van der Waals surface area contributed by atoms with Crippen LogP contribution in [-0.4, -0.2) is 50.2 Å². The van der Waals surface area contributed by atoms with Crippen molar-refractivity contribution in [2.45, 2.75) is 44.2 Å². The largest absolute Gasteiger partial charge is 0.378 e. The highest BCUT2D eigenvalue weighted by molar-refractivity contribution is 5.90. The van der Waals surface area contributed by atoms with Gasteiger partial charge in [-0.2, -0.15) is 0 Å². The van der Waals surface area contributed by atoms with Crippen molar-refractivity contribution in [1.82, 2.24) is 16.0 Å². The van der Waals surface area contributed by atoms with Crippen molar-refractivity contribution < 1.29 is 14.3 Å². The second-order valence-corrected chi connectivity index (χ2v) is 5.12. The summed E-state index contributed by atoms with van der Waals surface area (Å²) < 4.78 is 5.75. The van der Waals surface area contributed by atoms with Gasteiger partial charge in [0.25, 0.3) is 0 Å². The Hall–Kier alpha value is -1.14. The van der Waals surface area contributed by atoms with Crippen LogP contribution in [0.1, 0.15) is 32.1 Å². The molecule has 2 saturated heterocycles. The Labute approximate surface area is 113 Å². The third kappa shape index (κ3) is 4.80. The fraction of sp³-hybridized carbons (Fsp3) is 0.846. The maximum absolute atomic E-state index is 11.7. The molecule has 0 bridgehead atoms. The monoisotopic (exact) mass is 269 g/mol. The summed E-state index contributed by atoms with van der Waals surface area (Å²) in [6.07, 6.45) is 4.39. The number of piperidine rings is 1. The van der Waals surface area contributed by atoms with Crippen LogP contribution in [0.5, 0.6) is 0 Å². The zero-order valence-corrected chi connectivity index (χ0v) is 11.2. The van der Waals surface area contributed by atoms with E-state index in [-0.39, 0.29) is 17.9 Å². The molecule has 0 aromatic carbocycles. The van der Waals surface area contributed by atoms with E-state index in [4.69, 9.17) is 4.74 Å². The molecule has 6 nitrogen and oxygen atoms in total. The van der Waals surface area contributed by atoms with E-state index >= 15 is 0 Å². The number of amides is 2. The van der Waals surface area contributed by atoms with Crippen molar-refractivity contribution in [2.24, 2.45) is 0 Å². The van der Waals surface area contributed by atoms with E-state index in [0.717, 1.165) is 32.4 Å². The van der Waals surface area contributed by atoms with Gasteiger partial charge in [-0.3, -0.25) is 9.59 Å². The molecule has 2 heterocycles. The van der Waals surface area contributed by atoms with Crippen LogP contribution in [0.4, 0.5) is 0 Å². The summed E-state index contributed by atoms with van der Waals surface area (Å²) in [5, 5.41) is 8.79. The molecule has 0 unspecified atom stereocenters. The summed E-state index contributed by atoms with van der Waals surface area (Å²) in [5.74, 6) is -0.109. The lowest BCUT2D eigenvalue weighted by Gasteiger charge is -2.22. The second kappa shape index (κ2) is 7.45. The van der Waals surface area contributed by atoms with Gasteiger partial charge >= 0.3 is 0 Å². The summed E-state index contributed by atoms with van der Waals surface area (Å²) in [5.41, 5.74) is 0. The maximum Gasteiger partial charge on any atom is 0.242 e. The molecule has 0 aliphatic carbocycles. The first-order valence-electron chi connectivity index (χ1n) is 7.15. The average molecular weight is 269 g/mol. The Morgan fingerprint density at radius 3 is 2.79 bits per heavy atom. The van der Waals surface area contributed by atoms with Crippen LogP contribution < -0.4 is 16.0 Å². The molecule has 0 saturated carbocycles. The molecule has 108 valence electrons. The highest BCUT2D eigenvalue weighted by atomic mass is 16.5. The summed E-state index contributed by atoms with van der Waals surface area (Å²) >= 11 is 0. The predicted octanol–water partition coefficient (Wildman–Crippen LogP) is -0.460. The zero-order valence-electron chi connectivity index (χ0n) is 11.2. The van der Waals surface area contributed by atoms with Crippen LogP contribution in [0.25, 0.3) is 0 Å². The van der Waals surface area contributed by atoms with Gasteiger partial charge in [-0.25, -0.2) is 0 Å². The molecule has 2 aliphatic rings. The Bertz CT molecular complexity index is 316. The van der Waals surface area contributed by atoms with Crippen LogP contribution in [-0.2, 0) is 14.3 Å². The highest BCUT2D eigenvalue weighted by Gasteiger charge is 2.26. The first-order valence-corrected chi connectivity index (χ1v) is 7.15. The molecule has 0 aromatic heterocycles. The van der Waals surface area contributed by atoms with Gasteiger partial charge in [0, 0.05) is 19.6 Å². The Kier molecular flexibility index (Phi) is 5.60. The van der Waals surface area contributed by atoms with Gasteiger partial charge in [-0.1, -0.05) is 0 Å². The van der Waals surface area contributed by atoms with Crippen LogP contribution in [0.2, 0.25) is 0 Å². The van der Waals surface area contributed by atoms with E-state index in [9.17, 15) is 9.59 Å². The molecule has 0 radical (unpaired) electrons. The molecular formula is C13H23N3O3. The third-order valence-electron chi connectivity index (χ3n) is 3.57. The molecule has 2 amide bonds. The van der Waals surface area contributed by atoms with E-state index < -0.39 is 0 Å². The smallest absolute Gasteiger partial charge is 0.242 e. The van der Waals surface area contributed by atoms with Crippen molar-refractivity contribution in [1.29, 1.82) is 0 Å². The number of hydrogen-bond acceptors (Lipinski definition) is 4. The molecule has 3 N–H and O–H groups in total. The van der Waals surface area contributed by atoms with Crippen LogP contribution in [0.15, 0.2) is 0 Å². The molecule has 2 rings (SSSR count). The molecule has 2 aliphatic heterocycles. The Balaban J connectivity index is 1.49. The molecule has 0 aromatic rings. The first kappa shape index (κ1) is 14.3. The van der Waals surface area contributed by atoms with E-state index in [2.05, 4.69) is 16.0 Å². The van der Waals surface area contributed by atoms with Gasteiger partial charge in [0.1, 0.15) is 6.04 Å². The molecule has 19 heavy (non-hydrogen) atoms. The van der Waals surface area contributed by atoms with Crippen LogP contribution in [0.3, 0.4) is 0 Å². The Morgan fingerprint density at radius 1 is 1.32 bits per heavy atom. The lowest BCUT2D eigenvalue weighted by atomic mass is 10.1. The van der Waals surface area contributed by atoms with Crippen molar-refractivity contribution in [3.63, 3.8) is 0 Å². The minimum atomic E-state index is -0.335. The SMILES string of the molecule is O=C1CC[C@H](C(=O)NCCCOC2CCNCC2)N1. The fourth-order valence-corrected chi connectivity index (χ4v) is 2.43. The van der Waals surface area contributed by atoms with Gasteiger partial charge in [-0.15, -0.1) is 0 Å². The third-order valence-corrected chi connectivity index (χ3v) is 3.57. The lowest BCUT2D eigenvalue weighted by molar-refractivity contribution is -0.125. The van der Waals surface area contributed by atoms with Gasteiger partial charge < -0.3 is 20.7 Å². The van der Waals surface area contributed by atoms with Crippen molar-refractivity contribution in [3.05, 3.63) is 0 Å². The van der Waals surface area contributed by atoms with E-state index in [1.54, 1.807) is 0 Å².